The van der Waals surface area contributed by atoms with Crippen molar-refractivity contribution in [2.24, 2.45) is 0 Å². The van der Waals surface area contributed by atoms with Crippen LogP contribution >= 0.6 is 0 Å². The minimum Gasteiger partial charge on any atom is -0.484 e. The number of methoxy groups -OCH3 is 1. The fraction of sp³-hybridized carbons (Fsp3) is 0.435. The van der Waals surface area contributed by atoms with Gasteiger partial charge in [-0.3, -0.25) is 9.88 Å². The lowest BCUT2D eigenvalue weighted by molar-refractivity contribution is 0.0121. The summed E-state index contributed by atoms with van der Waals surface area (Å²) in [6.07, 6.45) is 10.5. The Morgan fingerprint density at radius 1 is 1.00 bits per heavy atom. The Balaban J connectivity index is 1.31. The molecule has 0 aliphatic carbocycles. The van der Waals surface area contributed by atoms with Crippen molar-refractivity contribution in [1.82, 2.24) is 19.9 Å². The van der Waals surface area contributed by atoms with Crippen LogP contribution in [0.2, 0.25) is 0 Å². The van der Waals surface area contributed by atoms with Gasteiger partial charge in [-0.15, -0.1) is 6.42 Å². The summed E-state index contributed by atoms with van der Waals surface area (Å²) in [6, 6.07) is 14.6. The van der Waals surface area contributed by atoms with Crippen LogP contribution in [0.5, 0.6) is 17.5 Å². The number of halogens is 1. The largest absolute Gasteiger partial charge is 0.484 e. The molecule has 8 rings (SSSR count). The SMILES string of the molecule is C#Cc1ccc(COc2c(-c3cc(OCOC)cc4ccc(F)c(CC)c34)ncc3c(N4C[C@H]5CC[C@@H](C4)N5C(=O)OC(C)(C)C)nc(OC4CCOCC4)nc23)cc1. The van der Waals surface area contributed by atoms with E-state index in [0.29, 0.717) is 96.0 Å². The lowest BCUT2D eigenvalue weighted by Crippen LogP contribution is -2.57. The van der Waals surface area contributed by atoms with Gasteiger partial charge in [-0.2, -0.15) is 9.97 Å². The van der Waals surface area contributed by atoms with E-state index in [1.807, 2.05) is 69.0 Å². The van der Waals surface area contributed by atoms with E-state index in [0.717, 1.165) is 29.4 Å². The number of benzene rings is 3. The van der Waals surface area contributed by atoms with Crippen LogP contribution in [0, 0.1) is 18.2 Å². The van der Waals surface area contributed by atoms with Gasteiger partial charge in [0.25, 0.3) is 0 Å². The number of carbonyl (C=O) groups is 1. The number of terminal acetylenes is 1. The Morgan fingerprint density at radius 3 is 2.42 bits per heavy atom. The Bertz CT molecular complexity index is 2380. The van der Waals surface area contributed by atoms with Gasteiger partial charge in [-0.1, -0.05) is 31.0 Å². The third-order valence-electron chi connectivity index (χ3n) is 11.1. The van der Waals surface area contributed by atoms with Crippen molar-refractivity contribution in [2.75, 3.05) is 45.1 Å². The topological polar surface area (TPSA) is 118 Å². The fourth-order valence-electron chi connectivity index (χ4n) is 8.37. The molecule has 3 aliphatic rings. The molecule has 2 bridgehead atoms. The second-order valence-electron chi connectivity index (χ2n) is 16.3. The van der Waals surface area contributed by atoms with Crippen molar-refractivity contribution in [1.29, 1.82) is 0 Å². The Kier molecular flexibility index (Phi) is 11.5. The molecule has 5 aromatic rings. The summed E-state index contributed by atoms with van der Waals surface area (Å²) in [5, 5.41) is 2.11. The molecular weight excluding hydrogens is 754 g/mol. The molecule has 12 nitrogen and oxygen atoms in total. The van der Waals surface area contributed by atoms with Crippen molar-refractivity contribution >= 4 is 33.6 Å². The number of ether oxygens (including phenoxy) is 6. The summed E-state index contributed by atoms with van der Waals surface area (Å²) in [4.78, 5) is 32.8. The van der Waals surface area contributed by atoms with Gasteiger partial charge in [-0.05, 0) is 92.3 Å². The molecule has 1 amide bonds. The van der Waals surface area contributed by atoms with Crippen molar-refractivity contribution in [3.63, 3.8) is 0 Å². The van der Waals surface area contributed by atoms with Gasteiger partial charge in [0.15, 0.2) is 12.5 Å². The van der Waals surface area contributed by atoms with Crippen LogP contribution in [-0.2, 0) is 27.2 Å². The minimum atomic E-state index is -0.611. The van der Waals surface area contributed by atoms with Crippen LogP contribution in [0.25, 0.3) is 32.9 Å². The van der Waals surface area contributed by atoms with Crippen molar-refractivity contribution in [3.05, 3.63) is 77.2 Å². The van der Waals surface area contributed by atoms with E-state index in [1.54, 1.807) is 19.4 Å². The average molecular weight is 804 g/mol. The molecule has 0 radical (unpaired) electrons. The minimum absolute atomic E-state index is 0.0155. The number of rotatable bonds is 11. The predicted molar refractivity (Wildman–Crippen MR) is 222 cm³/mol. The number of nitrogens with zero attached hydrogens (tertiary/aromatic N) is 5. The standard InChI is InChI=1S/C46H50FN5O7/c1-7-28-9-11-29(12-10-28)26-56-42-40(36-22-34(57-27-54-6)21-30-13-16-38(47)35(8-2)39(30)36)48-23-37-41(42)49-44(58-33-17-19-55-20-18-33)50-43(37)51-24-31-14-15-32(25-51)52(31)45(53)59-46(3,4)5/h1,9-13,16,21-23,31-33H,8,14-15,17-20,24-27H2,2-6H3/t31-,32+. The zero-order chi connectivity index (χ0) is 41.3. The zero-order valence-corrected chi connectivity index (χ0v) is 34.3. The highest BCUT2D eigenvalue weighted by Crippen LogP contribution is 2.45. The number of amides is 1. The molecule has 0 saturated carbocycles. The van der Waals surface area contributed by atoms with E-state index >= 15 is 4.39 Å². The van der Waals surface area contributed by atoms with Crippen LogP contribution in [0.3, 0.4) is 0 Å². The van der Waals surface area contributed by atoms with Crippen LogP contribution in [-0.4, -0.2) is 89.9 Å². The van der Waals surface area contributed by atoms with Crippen LogP contribution in [0.15, 0.2) is 54.7 Å². The number of aryl methyl sites for hydroxylation is 1. The normalized spacial score (nSPS) is 18.3. The second kappa shape index (κ2) is 16.9. The van der Waals surface area contributed by atoms with E-state index in [2.05, 4.69) is 10.8 Å². The first-order valence-corrected chi connectivity index (χ1v) is 20.3. The molecule has 2 aromatic heterocycles. The lowest BCUT2D eigenvalue weighted by atomic mass is 9.94. The average Bonchev–Trinajstić information content (AvgIpc) is 3.50. The third kappa shape index (κ3) is 8.42. The van der Waals surface area contributed by atoms with Crippen LogP contribution < -0.4 is 19.1 Å². The maximum absolute atomic E-state index is 15.7. The molecule has 0 N–H and O–H groups in total. The number of fused-ring (bicyclic) bond motifs is 4. The highest BCUT2D eigenvalue weighted by atomic mass is 19.1. The summed E-state index contributed by atoms with van der Waals surface area (Å²) in [5.74, 6) is 3.87. The monoisotopic (exact) mass is 803 g/mol. The molecule has 5 heterocycles. The van der Waals surface area contributed by atoms with Gasteiger partial charge >= 0.3 is 12.1 Å². The highest BCUT2D eigenvalue weighted by Gasteiger charge is 2.45. The van der Waals surface area contributed by atoms with Gasteiger partial charge in [0.05, 0.1) is 30.7 Å². The second-order valence-corrected chi connectivity index (χ2v) is 16.3. The number of anilines is 1. The number of hydrogen-bond donors (Lipinski definition) is 0. The predicted octanol–water partition coefficient (Wildman–Crippen LogP) is 8.24. The van der Waals surface area contributed by atoms with Gasteiger partial charge in [0.2, 0.25) is 0 Å². The zero-order valence-electron chi connectivity index (χ0n) is 34.3. The first kappa shape index (κ1) is 40.1. The van der Waals surface area contributed by atoms with Gasteiger partial charge in [0, 0.05) is 50.4 Å². The van der Waals surface area contributed by atoms with Crippen LogP contribution in [0.4, 0.5) is 15.0 Å². The molecule has 0 spiro atoms. The summed E-state index contributed by atoms with van der Waals surface area (Å²) < 4.78 is 51.8. The molecule has 3 saturated heterocycles. The maximum Gasteiger partial charge on any atom is 0.410 e. The van der Waals surface area contributed by atoms with Crippen molar-refractivity contribution in [2.45, 2.75) is 90.2 Å². The van der Waals surface area contributed by atoms with E-state index in [1.165, 1.54) is 6.07 Å². The van der Waals surface area contributed by atoms with Gasteiger partial charge < -0.3 is 33.3 Å². The first-order chi connectivity index (χ1) is 28.5. The molecule has 3 fully saturated rings. The van der Waals surface area contributed by atoms with Crippen molar-refractivity contribution < 1.29 is 37.6 Å². The molecule has 13 heteroatoms. The van der Waals surface area contributed by atoms with Crippen LogP contribution in [0.1, 0.15) is 70.1 Å². The molecular formula is C46H50FN5O7. The summed E-state index contributed by atoms with van der Waals surface area (Å²) in [5.41, 5.74) is 3.09. The number of piperazine rings is 1. The highest BCUT2D eigenvalue weighted by molar-refractivity contribution is 6.04. The lowest BCUT2D eigenvalue weighted by Gasteiger charge is -2.42. The Labute approximate surface area is 343 Å². The van der Waals surface area contributed by atoms with Gasteiger partial charge in [-0.25, -0.2) is 9.18 Å². The number of pyridine rings is 1. The molecule has 3 aliphatic heterocycles. The Hall–Kier alpha value is -5.71. The summed E-state index contributed by atoms with van der Waals surface area (Å²) >= 11 is 0. The smallest absolute Gasteiger partial charge is 0.410 e. The van der Waals surface area contributed by atoms with Gasteiger partial charge in [0.1, 0.15) is 46.9 Å². The summed E-state index contributed by atoms with van der Waals surface area (Å²) in [6.45, 7) is 9.96. The quantitative estimate of drug-likeness (QED) is 0.0950. The number of carbonyl (C=O) groups excluding carboxylic acids is 1. The molecule has 59 heavy (non-hydrogen) atoms. The van der Waals surface area contributed by atoms with E-state index < -0.39 is 5.60 Å². The number of aromatic nitrogens is 3. The molecule has 0 unspecified atom stereocenters. The third-order valence-corrected chi connectivity index (χ3v) is 11.1. The Morgan fingerprint density at radius 2 is 1.75 bits per heavy atom. The first-order valence-electron chi connectivity index (χ1n) is 20.3. The van der Waals surface area contributed by atoms with E-state index in [4.69, 9.17) is 49.8 Å². The molecule has 308 valence electrons. The van der Waals surface area contributed by atoms with E-state index in [-0.39, 0.29) is 49.5 Å². The summed E-state index contributed by atoms with van der Waals surface area (Å²) in [7, 11) is 1.56. The molecule has 3 aromatic carbocycles. The van der Waals surface area contributed by atoms with E-state index in [9.17, 15) is 4.79 Å². The number of hydrogen-bond acceptors (Lipinski definition) is 11. The molecule has 2 atom stereocenters. The van der Waals surface area contributed by atoms with Crippen molar-refractivity contribution in [3.8, 4) is 41.1 Å². The maximum atomic E-state index is 15.7. The fourth-order valence-corrected chi connectivity index (χ4v) is 8.37.